The summed E-state index contributed by atoms with van der Waals surface area (Å²) in [5, 5.41) is 14.6. The zero-order valence-corrected chi connectivity index (χ0v) is 11.3. The summed E-state index contributed by atoms with van der Waals surface area (Å²) in [6, 6.07) is 3.44. The second-order valence-corrected chi connectivity index (χ2v) is 5.34. The van der Waals surface area contributed by atoms with Crippen LogP contribution in [0.2, 0.25) is 0 Å². The first-order valence-electron chi connectivity index (χ1n) is 5.57. The van der Waals surface area contributed by atoms with E-state index in [2.05, 4.69) is 10.3 Å². The quantitative estimate of drug-likeness (QED) is 0.688. The van der Waals surface area contributed by atoms with E-state index in [4.69, 9.17) is 0 Å². The molecular weight excluding hydrogens is 269 g/mol. The largest absolute Gasteiger partial charge is 0.380 e. The molecule has 0 bridgehead atoms. The normalized spacial score (nSPS) is 10.5. The van der Waals surface area contributed by atoms with Crippen LogP contribution in [0.4, 0.5) is 15.8 Å². The maximum absolute atomic E-state index is 13.2. The summed E-state index contributed by atoms with van der Waals surface area (Å²) in [4.78, 5) is 15.3. The summed E-state index contributed by atoms with van der Waals surface area (Å²) < 4.78 is 13.2. The lowest BCUT2D eigenvalue weighted by Gasteiger charge is -2.05. The second-order valence-electron chi connectivity index (χ2n) is 4.05. The molecule has 1 heterocycles. The Hall–Kier alpha value is -2.02. The molecule has 0 radical (unpaired) electrons. The lowest BCUT2D eigenvalue weighted by molar-refractivity contribution is -0.385. The lowest BCUT2D eigenvalue weighted by atomic mass is 10.2. The molecule has 0 unspecified atom stereocenters. The zero-order valence-electron chi connectivity index (χ0n) is 10.4. The lowest BCUT2D eigenvalue weighted by Crippen LogP contribution is -2.00. The zero-order chi connectivity index (χ0) is 14.0. The van der Waals surface area contributed by atoms with Gasteiger partial charge < -0.3 is 5.32 Å². The Balaban J connectivity index is 2.15. The van der Waals surface area contributed by atoms with Crippen molar-refractivity contribution < 1.29 is 9.31 Å². The molecule has 7 heteroatoms. The van der Waals surface area contributed by atoms with Gasteiger partial charge in [-0.3, -0.25) is 10.1 Å². The highest BCUT2D eigenvalue weighted by molar-refractivity contribution is 7.11. The van der Waals surface area contributed by atoms with Crippen LogP contribution in [0.1, 0.15) is 15.6 Å². The fourth-order valence-corrected chi connectivity index (χ4v) is 2.58. The number of non-ortho nitro benzene ring substituents is 1. The van der Waals surface area contributed by atoms with Crippen LogP contribution in [0, 0.1) is 29.8 Å². The summed E-state index contributed by atoms with van der Waals surface area (Å²) in [6.45, 7) is 4.28. The third kappa shape index (κ3) is 3.25. The molecule has 0 amide bonds. The number of nitro benzene ring substituents is 1. The van der Waals surface area contributed by atoms with Gasteiger partial charge in [0.2, 0.25) is 0 Å². The second kappa shape index (κ2) is 5.31. The van der Waals surface area contributed by atoms with E-state index in [0.29, 0.717) is 12.2 Å². The Bertz CT molecular complexity index is 627. The van der Waals surface area contributed by atoms with E-state index in [9.17, 15) is 14.5 Å². The number of nitro groups is 1. The number of halogens is 1. The maximum Gasteiger partial charge on any atom is 0.274 e. The molecule has 2 aromatic rings. The number of hydrogen-bond donors (Lipinski definition) is 1. The fourth-order valence-electron chi connectivity index (χ4n) is 1.70. The third-order valence-corrected chi connectivity index (χ3v) is 3.62. The number of aryl methyl sites for hydroxylation is 2. The predicted molar refractivity (Wildman–Crippen MR) is 72.0 cm³/mol. The molecule has 0 saturated heterocycles. The van der Waals surface area contributed by atoms with Gasteiger partial charge in [-0.1, -0.05) is 0 Å². The van der Waals surface area contributed by atoms with E-state index in [-0.39, 0.29) is 5.69 Å². The minimum absolute atomic E-state index is 0.264. The van der Waals surface area contributed by atoms with Gasteiger partial charge in [-0.25, -0.2) is 9.37 Å². The first-order chi connectivity index (χ1) is 8.95. The summed E-state index contributed by atoms with van der Waals surface area (Å²) in [5.41, 5.74) is 1.04. The van der Waals surface area contributed by atoms with Crippen LogP contribution in [0.15, 0.2) is 18.2 Å². The highest BCUT2D eigenvalue weighted by atomic mass is 32.1. The minimum Gasteiger partial charge on any atom is -0.380 e. The van der Waals surface area contributed by atoms with Crippen molar-refractivity contribution in [3.05, 3.63) is 49.7 Å². The molecule has 0 fully saturated rings. The van der Waals surface area contributed by atoms with Crippen LogP contribution < -0.4 is 5.32 Å². The average Bonchev–Trinajstić information content (AvgIpc) is 2.64. The number of thiazole rings is 1. The van der Waals surface area contributed by atoms with E-state index >= 15 is 0 Å². The molecule has 0 atom stereocenters. The molecule has 0 aliphatic carbocycles. The van der Waals surface area contributed by atoms with Gasteiger partial charge in [0, 0.05) is 16.6 Å². The molecule has 0 aliphatic rings. The van der Waals surface area contributed by atoms with E-state index in [0.717, 1.165) is 21.6 Å². The summed E-state index contributed by atoms with van der Waals surface area (Å²) in [6.07, 6.45) is 0. The van der Waals surface area contributed by atoms with Gasteiger partial charge in [-0.2, -0.15) is 0 Å². The van der Waals surface area contributed by atoms with Crippen molar-refractivity contribution in [3.8, 4) is 0 Å². The highest BCUT2D eigenvalue weighted by Gasteiger charge is 2.10. The molecule has 100 valence electrons. The van der Waals surface area contributed by atoms with Crippen molar-refractivity contribution in [2.45, 2.75) is 20.4 Å². The van der Waals surface area contributed by atoms with Gasteiger partial charge in [-0.15, -0.1) is 11.3 Å². The maximum atomic E-state index is 13.2. The van der Waals surface area contributed by atoms with Crippen molar-refractivity contribution in [1.82, 2.24) is 4.98 Å². The van der Waals surface area contributed by atoms with Crippen molar-refractivity contribution in [1.29, 1.82) is 0 Å². The Morgan fingerprint density at radius 2 is 2.16 bits per heavy atom. The number of rotatable bonds is 4. The van der Waals surface area contributed by atoms with Crippen LogP contribution in [0.25, 0.3) is 0 Å². The third-order valence-electron chi connectivity index (χ3n) is 2.55. The number of nitrogens with one attached hydrogen (secondary N) is 1. The average molecular weight is 281 g/mol. The Kier molecular flexibility index (Phi) is 3.75. The van der Waals surface area contributed by atoms with Gasteiger partial charge in [0.15, 0.2) is 0 Å². The number of aromatic nitrogens is 1. The molecule has 1 N–H and O–H groups in total. The van der Waals surface area contributed by atoms with Crippen LogP contribution >= 0.6 is 11.3 Å². The number of anilines is 1. The monoisotopic (exact) mass is 281 g/mol. The van der Waals surface area contributed by atoms with E-state index < -0.39 is 10.7 Å². The smallest absolute Gasteiger partial charge is 0.274 e. The molecule has 0 saturated carbocycles. The van der Waals surface area contributed by atoms with E-state index in [1.807, 2.05) is 13.8 Å². The molecule has 2 rings (SSSR count). The summed E-state index contributed by atoms with van der Waals surface area (Å²) in [5.74, 6) is -0.631. The fraction of sp³-hybridized carbons (Fsp3) is 0.250. The predicted octanol–water partition coefficient (Wildman–Crippen LogP) is 3.42. The Morgan fingerprint density at radius 1 is 1.42 bits per heavy atom. The Morgan fingerprint density at radius 3 is 2.74 bits per heavy atom. The van der Waals surface area contributed by atoms with Gasteiger partial charge in [0.25, 0.3) is 5.69 Å². The van der Waals surface area contributed by atoms with E-state index in [1.54, 1.807) is 11.3 Å². The first-order valence-corrected chi connectivity index (χ1v) is 6.39. The molecule has 1 aromatic heterocycles. The van der Waals surface area contributed by atoms with Gasteiger partial charge in [0.1, 0.15) is 5.82 Å². The van der Waals surface area contributed by atoms with Crippen molar-refractivity contribution in [2.24, 2.45) is 0 Å². The van der Waals surface area contributed by atoms with Crippen LogP contribution in [-0.4, -0.2) is 9.91 Å². The number of benzene rings is 1. The van der Waals surface area contributed by atoms with Crippen molar-refractivity contribution >= 4 is 22.7 Å². The molecule has 1 aromatic carbocycles. The highest BCUT2D eigenvalue weighted by Crippen LogP contribution is 2.22. The molecule has 5 nitrogen and oxygen atoms in total. The van der Waals surface area contributed by atoms with Crippen molar-refractivity contribution in [3.63, 3.8) is 0 Å². The van der Waals surface area contributed by atoms with Gasteiger partial charge in [-0.05, 0) is 19.9 Å². The number of hydrogen-bond acceptors (Lipinski definition) is 5. The van der Waals surface area contributed by atoms with Crippen LogP contribution in [-0.2, 0) is 6.54 Å². The molecule has 0 aliphatic heterocycles. The SMILES string of the molecule is Cc1nc(C)c(CNc2cc(F)cc([N+](=O)[O-])c2)s1. The number of nitrogens with zero attached hydrogens (tertiary/aromatic N) is 2. The first kappa shape index (κ1) is 13.4. The minimum atomic E-state index is -0.631. The summed E-state index contributed by atoms with van der Waals surface area (Å²) >= 11 is 1.55. The topological polar surface area (TPSA) is 68.1 Å². The molecule has 19 heavy (non-hydrogen) atoms. The van der Waals surface area contributed by atoms with Gasteiger partial charge >= 0.3 is 0 Å². The molecular formula is C12H12FN3O2S. The summed E-state index contributed by atoms with van der Waals surface area (Å²) in [7, 11) is 0. The molecule has 0 spiro atoms. The standard InChI is InChI=1S/C12H12FN3O2S/c1-7-12(19-8(2)15-7)6-14-10-3-9(13)4-11(5-10)16(17)18/h3-5,14H,6H2,1-2H3. The van der Waals surface area contributed by atoms with Crippen LogP contribution in [0.3, 0.4) is 0 Å². The van der Waals surface area contributed by atoms with E-state index in [1.165, 1.54) is 12.1 Å². The van der Waals surface area contributed by atoms with Crippen LogP contribution in [0.5, 0.6) is 0 Å². The Labute approximate surface area is 113 Å². The van der Waals surface area contributed by atoms with Crippen molar-refractivity contribution in [2.75, 3.05) is 5.32 Å². The van der Waals surface area contributed by atoms with Gasteiger partial charge in [0.05, 0.1) is 28.2 Å².